The summed E-state index contributed by atoms with van der Waals surface area (Å²) in [5, 5.41) is 16.0. The van der Waals surface area contributed by atoms with Crippen LogP contribution >= 0.6 is 0 Å². The smallest absolute Gasteiger partial charge is 0.270 e. The molecular formula is C33H47N7O6S. The van der Waals surface area contributed by atoms with Crippen LogP contribution in [0.15, 0.2) is 52.5 Å². The third kappa shape index (κ3) is 8.28. The Hall–Kier alpha value is -4.04. The first-order chi connectivity index (χ1) is 22.5. The molecule has 2 aliphatic heterocycles. The van der Waals surface area contributed by atoms with Crippen molar-refractivity contribution < 1.29 is 22.9 Å². The molecule has 13 nitrogen and oxygen atoms in total. The molecule has 2 aromatic carbocycles. The van der Waals surface area contributed by atoms with Crippen molar-refractivity contribution in [1.82, 2.24) is 14.1 Å². The highest BCUT2D eigenvalue weighted by Crippen LogP contribution is 2.32. The zero-order valence-corrected chi connectivity index (χ0v) is 28.6. The minimum absolute atomic E-state index is 0.00401. The van der Waals surface area contributed by atoms with Crippen LogP contribution in [0.5, 0.6) is 0 Å². The highest BCUT2D eigenvalue weighted by atomic mass is 32.2. The molecule has 2 aromatic rings. The molecule has 2 heterocycles. The second kappa shape index (κ2) is 16.2. The second-order valence-corrected chi connectivity index (χ2v) is 13.8. The summed E-state index contributed by atoms with van der Waals surface area (Å²) in [6.07, 6.45) is 4.38. The topological polar surface area (TPSA) is 149 Å². The van der Waals surface area contributed by atoms with Gasteiger partial charge in [-0.1, -0.05) is 18.2 Å². The number of non-ortho nitro benzene ring substituents is 1. The molecule has 2 amide bonds. The first-order valence-corrected chi connectivity index (χ1v) is 18.0. The SMILES string of the molecule is CCN(CC)C(=O)[C@@H]1CCCN(c2ccccc2/C=N\Nc2ccc([N+](=O)[O-])cc2S(=O)(=O)N2CCC[C@@H](C(=O)N(CC)CC)C2)C1. The molecular weight excluding hydrogens is 622 g/mol. The van der Waals surface area contributed by atoms with Crippen LogP contribution in [0.3, 0.4) is 0 Å². The van der Waals surface area contributed by atoms with Crippen molar-refractivity contribution in [3.05, 3.63) is 58.1 Å². The van der Waals surface area contributed by atoms with Crippen molar-refractivity contribution in [3.8, 4) is 0 Å². The number of hydrogen-bond donors (Lipinski definition) is 1. The number of rotatable bonds is 13. The number of nitrogens with one attached hydrogen (secondary N) is 1. The summed E-state index contributed by atoms with van der Waals surface area (Å²) < 4.78 is 29.2. The van der Waals surface area contributed by atoms with Gasteiger partial charge in [0.25, 0.3) is 5.69 Å². The number of amides is 2. The van der Waals surface area contributed by atoms with Gasteiger partial charge in [-0.3, -0.25) is 25.1 Å². The normalized spacial score (nSPS) is 19.0. The number of carbonyl (C=O) groups excluding carboxylic acids is 2. The molecule has 0 spiro atoms. The first-order valence-electron chi connectivity index (χ1n) is 16.5. The lowest BCUT2D eigenvalue weighted by Gasteiger charge is -2.36. The lowest BCUT2D eigenvalue weighted by atomic mass is 9.95. The van der Waals surface area contributed by atoms with E-state index < -0.39 is 20.9 Å². The number of nitro groups is 1. The average Bonchev–Trinajstić information content (AvgIpc) is 3.09. The number of sulfonamides is 1. The van der Waals surface area contributed by atoms with E-state index in [2.05, 4.69) is 15.4 Å². The van der Waals surface area contributed by atoms with Crippen LogP contribution in [-0.2, 0) is 19.6 Å². The summed E-state index contributed by atoms with van der Waals surface area (Å²) in [6, 6.07) is 11.3. The van der Waals surface area contributed by atoms with Gasteiger partial charge in [-0.15, -0.1) is 0 Å². The Morgan fingerprint density at radius 1 is 0.936 bits per heavy atom. The van der Waals surface area contributed by atoms with Crippen molar-refractivity contribution in [2.24, 2.45) is 16.9 Å². The molecule has 47 heavy (non-hydrogen) atoms. The maximum atomic E-state index is 14.0. The molecule has 0 aromatic heterocycles. The van der Waals surface area contributed by atoms with E-state index in [1.165, 1.54) is 16.4 Å². The highest BCUT2D eigenvalue weighted by Gasteiger charge is 2.36. The van der Waals surface area contributed by atoms with Gasteiger partial charge < -0.3 is 14.7 Å². The number of nitrogens with zero attached hydrogens (tertiary/aromatic N) is 6. The number of carbonyl (C=O) groups is 2. The fourth-order valence-corrected chi connectivity index (χ4v) is 8.16. The van der Waals surface area contributed by atoms with Gasteiger partial charge in [-0.25, -0.2) is 8.42 Å². The first kappa shape index (κ1) is 35.8. The molecule has 4 rings (SSSR count). The lowest BCUT2D eigenvalue weighted by Crippen LogP contribution is -2.46. The predicted molar refractivity (Wildman–Crippen MR) is 183 cm³/mol. The summed E-state index contributed by atoms with van der Waals surface area (Å²) in [4.78, 5) is 42.6. The number of nitro benzene ring substituents is 1. The van der Waals surface area contributed by atoms with Gasteiger partial charge in [0.05, 0.1) is 28.7 Å². The molecule has 256 valence electrons. The maximum Gasteiger partial charge on any atom is 0.270 e. The number of piperidine rings is 2. The number of hydrogen-bond acceptors (Lipinski definition) is 9. The van der Waals surface area contributed by atoms with Crippen molar-refractivity contribution in [3.63, 3.8) is 0 Å². The molecule has 14 heteroatoms. The Bertz CT molecular complexity index is 1560. The molecule has 0 aliphatic carbocycles. The summed E-state index contributed by atoms with van der Waals surface area (Å²) in [5.41, 5.74) is 4.22. The van der Waals surface area contributed by atoms with Crippen LogP contribution < -0.4 is 10.3 Å². The van der Waals surface area contributed by atoms with Crippen LogP contribution in [0.4, 0.5) is 17.1 Å². The fourth-order valence-electron chi connectivity index (χ4n) is 6.47. The summed E-state index contributed by atoms with van der Waals surface area (Å²) in [7, 11) is -4.22. The maximum absolute atomic E-state index is 14.0. The van der Waals surface area contributed by atoms with E-state index in [-0.39, 0.29) is 47.1 Å². The zero-order chi connectivity index (χ0) is 34.1. The van der Waals surface area contributed by atoms with Crippen molar-refractivity contribution in [2.75, 3.05) is 62.7 Å². The van der Waals surface area contributed by atoms with Crippen molar-refractivity contribution in [2.45, 2.75) is 58.3 Å². The van der Waals surface area contributed by atoms with Gasteiger partial charge in [0.15, 0.2) is 0 Å². The largest absolute Gasteiger partial charge is 0.370 e. The Labute approximate surface area is 277 Å². The number of anilines is 2. The fraction of sp³-hybridized carbons (Fsp3) is 0.545. The average molecular weight is 670 g/mol. The molecule has 2 atom stereocenters. The summed E-state index contributed by atoms with van der Waals surface area (Å²) in [5.74, 6) is -0.513. The van der Waals surface area contributed by atoms with E-state index in [4.69, 9.17) is 0 Å². The zero-order valence-electron chi connectivity index (χ0n) is 27.8. The van der Waals surface area contributed by atoms with Crippen LogP contribution in [0, 0.1) is 22.0 Å². The van der Waals surface area contributed by atoms with Gasteiger partial charge in [0, 0.05) is 75.7 Å². The third-order valence-electron chi connectivity index (χ3n) is 9.11. The van der Waals surface area contributed by atoms with Crippen LogP contribution in [-0.4, -0.2) is 97.8 Å². The molecule has 0 saturated carbocycles. The van der Waals surface area contributed by atoms with Gasteiger partial charge in [-0.2, -0.15) is 9.41 Å². The van der Waals surface area contributed by atoms with E-state index in [0.29, 0.717) is 45.6 Å². The number of para-hydroxylation sites is 1. The number of hydrazone groups is 1. The minimum atomic E-state index is -4.22. The standard InChI is InChI=1S/C33H47N7O6S/c1-5-36(6-2)32(41)26-14-11-19-38(23-26)30-16-10-9-13-25(30)22-34-35-29-18-17-28(40(43)44)21-31(29)47(45,46)39-20-12-15-27(24-39)33(42)37(7-3)8-4/h9-10,13,16-18,21-22,26-27,35H,5-8,11-12,14-15,19-20,23-24H2,1-4H3/b34-22-/t26-,27-/m1/s1. The Morgan fingerprint density at radius 3 is 2.15 bits per heavy atom. The van der Waals surface area contributed by atoms with E-state index in [0.717, 1.165) is 36.7 Å². The predicted octanol–water partition coefficient (Wildman–Crippen LogP) is 4.39. The van der Waals surface area contributed by atoms with Crippen LogP contribution in [0.25, 0.3) is 0 Å². The van der Waals surface area contributed by atoms with Gasteiger partial charge in [-0.05, 0) is 65.5 Å². The van der Waals surface area contributed by atoms with Gasteiger partial charge in [0.1, 0.15) is 4.90 Å². The van der Waals surface area contributed by atoms with E-state index in [1.54, 1.807) is 11.1 Å². The van der Waals surface area contributed by atoms with Crippen molar-refractivity contribution in [1.29, 1.82) is 0 Å². The van der Waals surface area contributed by atoms with Gasteiger partial charge in [0.2, 0.25) is 21.8 Å². The molecule has 0 unspecified atom stereocenters. The monoisotopic (exact) mass is 669 g/mol. The van der Waals surface area contributed by atoms with E-state index in [9.17, 15) is 28.1 Å². The molecule has 0 radical (unpaired) electrons. The molecule has 1 N–H and O–H groups in total. The van der Waals surface area contributed by atoms with Crippen molar-refractivity contribution >= 4 is 45.1 Å². The Kier molecular flexibility index (Phi) is 12.3. The summed E-state index contributed by atoms with van der Waals surface area (Å²) >= 11 is 0. The van der Waals surface area contributed by atoms with E-state index >= 15 is 0 Å². The molecule has 2 saturated heterocycles. The molecule has 0 bridgehead atoms. The molecule has 2 aliphatic rings. The van der Waals surface area contributed by atoms with Gasteiger partial charge >= 0.3 is 0 Å². The van der Waals surface area contributed by atoms with Crippen LogP contribution in [0.2, 0.25) is 0 Å². The van der Waals surface area contributed by atoms with E-state index in [1.807, 2.05) is 56.9 Å². The summed E-state index contributed by atoms with van der Waals surface area (Å²) in [6.45, 7) is 11.7. The highest BCUT2D eigenvalue weighted by molar-refractivity contribution is 7.89. The lowest BCUT2D eigenvalue weighted by molar-refractivity contribution is -0.385. The molecule has 2 fully saturated rings. The number of benzene rings is 2. The Morgan fingerprint density at radius 2 is 1.53 bits per heavy atom. The van der Waals surface area contributed by atoms with Crippen LogP contribution in [0.1, 0.15) is 58.9 Å². The quantitative estimate of drug-likeness (QED) is 0.188. The third-order valence-corrected chi connectivity index (χ3v) is 11.0. The second-order valence-electron chi connectivity index (χ2n) is 11.9. The minimum Gasteiger partial charge on any atom is -0.370 e. The Balaban J connectivity index is 1.58.